The maximum absolute atomic E-state index is 7.70. The van der Waals surface area contributed by atoms with Gasteiger partial charge in [-0.3, -0.25) is 5.41 Å². The molecular weight excluding hydrogens is 150 g/mol. The van der Waals surface area contributed by atoms with Crippen LogP contribution in [0.1, 0.15) is 19.8 Å². The molecule has 0 amide bonds. The fourth-order valence-electron chi connectivity index (χ4n) is 1.54. The summed E-state index contributed by atoms with van der Waals surface area (Å²) < 4.78 is 0. The standard InChI is InChI=1S/C9H19N3/c1-3-9(10)12-6-4-5-11(2)7-8-12/h10H,3-8H2,1-2H3. The minimum absolute atomic E-state index is 0.797. The highest BCUT2D eigenvalue weighted by atomic mass is 15.2. The second-order valence-electron chi connectivity index (χ2n) is 3.44. The Bertz CT molecular complexity index is 156. The predicted octanol–water partition coefficient (Wildman–Crippen LogP) is 1.01. The molecular formula is C9H19N3. The summed E-state index contributed by atoms with van der Waals surface area (Å²) in [5, 5.41) is 7.70. The summed E-state index contributed by atoms with van der Waals surface area (Å²) in [5.74, 6) is 0.797. The molecule has 0 spiro atoms. The van der Waals surface area contributed by atoms with Crippen LogP contribution >= 0.6 is 0 Å². The van der Waals surface area contributed by atoms with Crippen molar-refractivity contribution in [3.05, 3.63) is 0 Å². The molecule has 1 heterocycles. The molecule has 1 rings (SSSR count). The zero-order chi connectivity index (χ0) is 8.97. The van der Waals surface area contributed by atoms with Crippen molar-refractivity contribution in [1.29, 1.82) is 5.41 Å². The van der Waals surface area contributed by atoms with Crippen LogP contribution in [0, 0.1) is 5.41 Å². The maximum atomic E-state index is 7.70. The first-order chi connectivity index (χ1) is 5.74. The first-order valence-corrected chi connectivity index (χ1v) is 4.75. The van der Waals surface area contributed by atoms with Crippen LogP contribution in [0.25, 0.3) is 0 Å². The van der Waals surface area contributed by atoms with Crippen LogP contribution in [0.2, 0.25) is 0 Å². The van der Waals surface area contributed by atoms with E-state index in [0.29, 0.717) is 0 Å². The van der Waals surface area contributed by atoms with Gasteiger partial charge in [0.15, 0.2) is 0 Å². The van der Waals surface area contributed by atoms with Crippen molar-refractivity contribution in [3.63, 3.8) is 0 Å². The molecule has 0 aliphatic carbocycles. The van der Waals surface area contributed by atoms with Gasteiger partial charge < -0.3 is 9.80 Å². The molecule has 70 valence electrons. The third-order valence-electron chi connectivity index (χ3n) is 2.44. The van der Waals surface area contributed by atoms with E-state index in [1.807, 2.05) is 0 Å². The Hall–Kier alpha value is -0.570. The first kappa shape index (κ1) is 9.52. The van der Waals surface area contributed by atoms with Crippen molar-refractivity contribution < 1.29 is 0 Å². The summed E-state index contributed by atoms with van der Waals surface area (Å²) in [4.78, 5) is 4.53. The fourth-order valence-corrected chi connectivity index (χ4v) is 1.54. The second kappa shape index (κ2) is 4.45. The molecule has 1 fully saturated rings. The van der Waals surface area contributed by atoms with Crippen LogP contribution < -0.4 is 0 Å². The molecule has 0 unspecified atom stereocenters. The Morgan fingerprint density at radius 1 is 1.25 bits per heavy atom. The number of nitrogens with zero attached hydrogens (tertiary/aromatic N) is 2. The molecule has 0 bridgehead atoms. The van der Waals surface area contributed by atoms with Crippen LogP contribution in [-0.2, 0) is 0 Å². The molecule has 3 heteroatoms. The second-order valence-corrected chi connectivity index (χ2v) is 3.44. The number of likely N-dealkylation sites (N-methyl/N-ethyl adjacent to an activating group) is 1. The Labute approximate surface area is 74.9 Å². The van der Waals surface area contributed by atoms with Crippen LogP contribution in [0.15, 0.2) is 0 Å². The van der Waals surface area contributed by atoms with Gasteiger partial charge in [-0.25, -0.2) is 0 Å². The van der Waals surface area contributed by atoms with Crippen LogP contribution in [-0.4, -0.2) is 48.9 Å². The average molecular weight is 169 g/mol. The molecule has 3 nitrogen and oxygen atoms in total. The van der Waals surface area contributed by atoms with E-state index in [9.17, 15) is 0 Å². The van der Waals surface area contributed by atoms with Gasteiger partial charge >= 0.3 is 0 Å². The van der Waals surface area contributed by atoms with E-state index in [4.69, 9.17) is 5.41 Å². The van der Waals surface area contributed by atoms with Crippen LogP contribution in [0.5, 0.6) is 0 Å². The van der Waals surface area contributed by atoms with E-state index >= 15 is 0 Å². The molecule has 1 N–H and O–H groups in total. The molecule has 0 aromatic carbocycles. The minimum Gasteiger partial charge on any atom is -0.359 e. The van der Waals surface area contributed by atoms with Crippen LogP contribution in [0.4, 0.5) is 0 Å². The van der Waals surface area contributed by atoms with E-state index < -0.39 is 0 Å². The highest BCUT2D eigenvalue weighted by molar-refractivity contribution is 5.78. The smallest absolute Gasteiger partial charge is 0.0955 e. The van der Waals surface area contributed by atoms with E-state index in [0.717, 1.165) is 31.9 Å². The van der Waals surface area contributed by atoms with Gasteiger partial charge in [0.05, 0.1) is 5.84 Å². The highest BCUT2D eigenvalue weighted by Gasteiger charge is 2.12. The summed E-state index contributed by atoms with van der Waals surface area (Å²) in [5.41, 5.74) is 0. The lowest BCUT2D eigenvalue weighted by Gasteiger charge is -2.22. The molecule has 1 saturated heterocycles. The number of hydrogen-bond donors (Lipinski definition) is 1. The van der Waals surface area contributed by atoms with Gasteiger partial charge in [0.1, 0.15) is 0 Å². The monoisotopic (exact) mass is 169 g/mol. The van der Waals surface area contributed by atoms with Gasteiger partial charge in [-0.2, -0.15) is 0 Å². The number of amidine groups is 1. The lowest BCUT2D eigenvalue weighted by molar-refractivity contribution is 0.345. The summed E-state index contributed by atoms with van der Waals surface area (Å²) in [7, 11) is 2.15. The van der Waals surface area contributed by atoms with Crippen molar-refractivity contribution in [2.24, 2.45) is 0 Å². The molecule has 0 saturated carbocycles. The largest absolute Gasteiger partial charge is 0.359 e. The predicted molar refractivity (Wildman–Crippen MR) is 51.7 cm³/mol. The van der Waals surface area contributed by atoms with E-state index in [2.05, 4.69) is 23.8 Å². The first-order valence-electron chi connectivity index (χ1n) is 4.75. The van der Waals surface area contributed by atoms with Crippen molar-refractivity contribution in [1.82, 2.24) is 9.80 Å². The van der Waals surface area contributed by atoms with Crippen molar-refractivity contribution in [3.8, 4) is 0 Å². The summed E-state index contributed by atoms with van der Waals surface area (Å²) in [6.45, 7) is 6.42. The topological polar surface area (TPSA) is 30.3 Å². The molecule has 0 atom stereocenters. The zero-order valence-electron chi connectivity index (χ0n) is 8.14. The fraction of sp³-hybridized carbons (Fsp3) is 0.889. The highest BCUT2D eigenvalue weighted by Crippen LogP contribution is 2.02. The zero-order valence-corrected chi connectivity index (χ0v) is 8.14. The molecule has 12 heavy (non-hydrogen) atoms. The Balaban J connectivity index is 2.40. The summed E-state index contributed by atoms with van der Waals surface area (Å²) >= 11 is 0. The Morgan fingerprint density at radius 2 is 2.00 bits per heavy atom. The Kier molecular flexibility index (Phi) is 3.53. The minimum atomic E-state index is 0.797. The number of nitrogens with one attached hydrogen (secondary N) is 1. The van der Waals surface area contributed by atoms with Gasteiger partial charge in [-0.15, -0.1) is 0 Å². The van der Waals surface area contributed by atoms with Crippen molar-refractivity contribution in [2.45, 2.75) is 19.8 Å². The SMILES string of the molecule is CCC(=N)N1CCCN(C)CC1. The maximum Gasteiger partial charge on any atom is 0.0955 e. The normalized spacial score (nSPS) is 20.7. The van der Waals surface area contributed by atoms with Crippen molar-refractivity contribution in [2.75, 3.05) is 33.2 Å². The Morgan fingerprint density at radius 3 is 2.67 bits per heavy atom. The molecule has 0 aromatic heterocycles. The van der Waals surface area contributed by atoms with Gasteiger partial charge in [-0.05, 0) is 20.0 Å². The summed E-state index contributed by atoms with van der Waals surface area (Å²) in [6.07, 6.45) is 2.06. The van der Waals surface area contributed by atoms with Gasteiger partial charge in [0.25, 0.3) is 0 Å². The quantitative estimate of drug-likeness (QED) is 0.469. The summed E-state index contributed by atoms with van der Waals surface area (Å²) in [6, 6.07) is 0. The van der Waals surface area contributed by atoms with E-state index in [-0.39, 0.29) is 0 Å². The molecule has 0 aromatic rings. The molecule has 1 aliphatic rings. The lowest BCUT2D eigenvalue weighted by Crippen LogP contribution is -2.33. The van der Waals surface area contributed by atoms with Gasteiger partial charge in [0, 0.05) is 26.1 Å². The van der Waals surface area contributed by atoms with Crippen LogP contribution in [0.3, 0.4) is 0 Å². The van der Waals surface area contributed by atoms with Gasteiger partial charge in [-0.1, -0.05) is 6.92 Å². The van der Waals surface area contributed by atoms with E-state index in [1.54, 1.807) is 0 Å². The van der Waals surface area contributed by atoms with Gasteiger partial charge in [0.2, 0.25) is 0 Å². The number of hydrogen-bond acceptors (Lipinski definition) is 2. The molecule has 1 aliphatic heterocycles. The van der Waals surface area contributed by atoms with E-state index in [1.165, 1.54) is 13.0 Å². The number of rotatable bonds is 1. The molecule has 0 radical (unpaired) electrons. The third kappa shape index (κ3) is 2.48. The lowest BCUT2D eigenvalue weighted by atomic mass is 10.3. The third-order valence-corrected chi connectivity index (χ3v) is 2.44. The van der Waals surface area contributed by atoms with Crippen molar-refractivity contribution >= 4 is 5.84 Å². The average Bonchev–Trinajstić information content (AvgIpc) is 2.29.